The number of hydrogen-bond donors (Lipinski definition) is 0. The van der Waals surface area contributed by atoms with Gasteiger partial charge in [-0.05, 0) is 104 Å². The summed E-state index contributed by atoms with van der Waals surface area (Å²) >= 11 is 0. The lowest BCUT2D eigenvalue weighted by Gasteiger charge is -2.30. The highest BCUT2D eigenvalue weighted by Gasteiger charge is 2.22. The lowest BCUT2D eigenvalue weighted by atomic mass is 9.93. The zero-order valence-corrected chi connectivity index (χ0v) is 30.8. The highest BCUT2D eigenvalue weighted by atomic mass is 15.2. The monoisotopic (exact) mass is 714 g/mol. The van der Waals surface area contributed by atoms with Gasteiger partial charge in [-0.2, -0.15) is 0 Å². The second-order valence-electron chi connectivity index (χ2n) is 14.2. The SMILES string of the molecule is c1ccc(-c2cccc(N(c3ccccc3)c3cc4c5ccccc5c(N(c5ccccc5)c5cccc(-c6ccccc6)c5)cc4c4ccccc34)c2)cc1. The molecular formula is C54H38N2. The van der Waals surface area contributed by atoms with E-state index in [1.807, 2.05) is 0 Å². The van der Waals surface area contributed by atoms with Gasteiger partial charge in [-0.3, -0.25) is 0 Å². The van der Waals surface area contributed by atoms with Gasteiger partial charge in [0.15, 0.2) is 0 Å². The van der Waals surface area contributed by atoms with Gasteiger partial charge in [0, 0.05) is 33.5 Å². The molecule has 0 aliphatic carbocycles. The minimum atomic E-state index is 1.11. The Hall–Kier alpha value is -7.42. The number of fused-ring (bicyclic) bond motifs is 5. The molecule has 10 aromatic rings. The Bertz CT molecular complexity index is 2750. The minimum absolute atomic E-state index is 1.11. The van der Waals surface area contributed by atoms with E-state index in [1.165, 1.54) is 54.6 Å². The fourth-order valence-electron chi connectivity index (χ4n) is 8.20. The number of hydrogen-bond acceptors (Lipinski definition) is 2. The molecule has 264 valence electrons. The summed E-state index contributed by atoms with van der Waals surface area (Å²) in [6, 6.07) is 83.2. The lowest BCUT2D eigenvalue weighted by Crippen LogP contribution is -2.12. The first-order valence-corrected chi connectivity index (χ1v) is 19.2. The Morgan fingerprint density at radius 3 is 0.893 bits per heavy atom. The van der Waals surface area contributed by atoms with Crippen LogP contribution in [0.4, 0.5) is 34.1 Å². The van der Waals surface area contributed by atoms with Crippen molar-refractivity contribution in [3.05, 3.63) is 231 Å². The summed E-state index contributed by atoms with van der Waals surface area (Å²) in [6.07, 6.45) is 0. The van der Waals surface area contributed by atoms with Crippen LogP contribution in [0.3, 0.4) is 0 Å². The third-order valence-corrected chi connectivity index (χ3v) is 10.8. The van der Waals surface area contributed by atoms with E-state index in [2.05, 4.69) is 240 Å². The molecule has 0 N–H and O–H groups in total. The largest absolute Gasteiger partial charge is 0.310 e. The molecule has 0 heterocycles. The van der Waals surface area contributed by atoms with Crippen molar-refractivity contribution in [2.24, 2.45) is 0 Å². The van der Waals surface area contributed by atoms with Crippen molar-refractivity contribution in [2.45, 2.75) is 0 Å². The van der Waals surface area contributed by atoms with E-state index in [-0.39, 0.29) is 0 Å². The molecule has 0 fully saturated rings. The summed E-state index contributed by atoms with van der Waals surface area (Å²) < 4.78 is 0. The van der Waals surface area contributed by atoms with Crippen LogP contribution < -0.4 is 9.80 Å². The topological polar surface area (TPSA) is 6.48 Å². The third kappa shape index (κ3) is 6.04. The molecule has 10 rings (SSSR count). The van der Waals surface area contributed by atoms with Crippen molar-refractivity contribution in [3.63, 3.8) is 0 Å². The van der Waals surface area contributed by atoms with Crippen LogP contribution in [-0.4, -0.2) is 0 Å². The van der Waals surface area contributed by atoms with Crippen molar-refractivity contribution in [2.75, 3.05) is 9.80 Å². The fraction of sp³-hybridized carbons (Fsp3) is 0. The van der Waals surface area contributed by atoms with Gasteiger partial charge in [0.25, 0.3) is 0 Å². The van der Waals surface area contributed by atoms with Crippen molar-refractivity contribution in [1.82, 2.24) is 0 Å². The van der Waals surface area contributed by atoms with Crippen LogP contribution in [0.1, 0.15) is 0 Å². The maximum Gasteiger partial charge on any atom is 0.0546 e. The molecule has 0 aromatic heterocycles. The number of rotatable bonds is 8. The van der Waals surface area contributed by atoms with Crippen molar-refractivity contribution >= 4 is 66.4 Å². The average molecular weight is 715 g/mol. The van der Waals surface area contributed by atoms with E-state index in [9.17, 15) is 0 Å². The summed E-state index contributed by atoms with van der Waals surface area (Å²) in [5, 5.41) is 7.21. The molecular weight excluding hydrogens is 677 g/mol. The quantitative estimate of drug-likeness (QED) is 0.145. The maximum atomic E-state index is 2.42. The highest BCUT2D eigenvalue weighted by Crippen LogP contribution is 2.48. The van der Waals surface area contributed by atoms with Crippen molar-refractivity contribution in [3.8, 4) is 22.3 Å². The van der Waals surface area contributed by atoms with Crippen molar-refractivity contribution < 1.29 is 0 Å². The van der Waals surface area contributed by atoms with Crippen molar-refractivity contribution in [1.29, 1.82) is 0 Å². The Kier molecular flexibility index (Phi) is 8.55. The molecule has 56 heavy (non-hydrogen) atoms. The predicted octanol–water partition coefficient (Wildman–Crippen LogP) is 15.4. The molecule has 0 saturated heterocycles. The van der Waals surface area contributed by atoms with Crippen LogP contribution in [0.5, 0.6) is 0 Å². The molecule has 2 nitrogen and oxygen atoms in total. The molecule has 0 spiro atoms. The summed E-state index contributed by atoms with van der Waals surface area (Å²) in [7, 11) is 0. The van der Waals surface area contributed by atoms with Gasteiger partial charge in [0.05, 0.1) is 11.4 Å². The van der Waals surface area contributed by atoms with Crippen LogP contribution in [0.15, 0.2) is 231 Å². The zero-order valence-electron chi connectivity index (χ0n) is 30.8. The summed E-state index contributed by atoms with van der Waals surface area (Å²) in [6.45, 7) is 0. The average Bonchev–Trinajstić information content (AvgIpc) is 3.28. The molecule has 0 radical (unpaired) electrons. The third-order valence-electron chi connectivity index (χ3n) is 10.8. The Balaban J connectivity index is 1.24. The minimum Gasteiger partial charge on any atom is -0.310 e. The van der Waals surface area contributed by atoms with Crippen LogP contribution in [0.2, 0.25) is 0 Å². The van der Waals surface area contributed by atoms with Crippen LogP contribution in [-0.2, 0) is 0 Å². The molecule has 0 amide bonds. The molecule has 0 aliphatic heterocycles. The van der Waals surface area contributed by atoms with E-state index >= 15 is 0 Å². The predicted molar refractivity (Wildman–Crippen MR) is 239 cm³/mol. The molecule has 0 atom stereocenters. The lowest BCUT2D eigenvalue weighted by molar-refractivity contribution is 1.30. The van der Waals surface area contributed by atoms with Gasteiger partial charge in [0.2, 0.25) is 0 Å². The first kappa shape index (κ1) is 33.2. The first-order chi connectivity index (χ1) is 27.8. The van der Waals surface area contributed by atoms with Crippen LogP contribution in [0.25, 0.3) is 54.6 Å². The van der Waals surface area contributed by atoms with Crippen LogP contribution in [0, 0.1) is 0 Å². The molecule has 0 unspecified atom stereocenters. The van der Waals surface area contributed by atoms with Gasteiger partial charge >= 0.3 is 0 Å². The number of nitrogens with zero attached hydrogens (tertiary/aromatic N) is 2. The standard InChI is InChI=1S/C54H38N2/c1-5-19-39(20-6-1)41-23-17-29-45(35-41)55(43-25-9-3-10-26-43)53-37-51-48-32-14-16-34-50(48)54(38-52(51)47-31-13-15-33-49(47)53)56(44-27-11-4-12-28-44)46-30-18-24-42(36-46)40-21-7-2-8-22-40/h1-38H. The second kappa shape index (κ2) is 14.4. The molecule has 0 bridgehead atoms. The van der Waals surface area contributed by atoms with Gasteiger partial charge in [-0.15, -0.1) is 0 Å². The highest BCUT2D eigenvalue weighted by molar-refractivity contribution is 6.24. The molecule has 0 aliphatic rings. The number of para-hydroxylation sites is 2. The fourth-order valence-corrected chi connectivity index (χ4v) is 8.20. The summed E-state index contributed by atoms with van der Waals surface area (Å²) in [5.74, 6) is 0. The zero-order chi connectivity index (χ0) is 37.3. The van der Waals surface area contributed by atoms with E-state index in [1.54, 1.807) is 0 Å². The van der Waals surface area contributed by atoms with E-state index in [0.29, 0.717) is 0 Å². The Morgan fingerprint density at radius 2 is 0.500 bits per heavy atom. The number of anilines is 6. The Labute approximate surface area is 327 Å². The molecule has 0 saturated carbocycles. The van der Waals surface area contributed by atoms with Gasteiger partial charge < -0.3 is 9.80 Å². The maximum absolute atomic E-state index is 2.42. The molecule has 10 aromatic carbocycles. The van der Waals surface area contributed by atoms with Gasteiger partial charge in [-0.1, -0.05) is 170 Å². The molecule has 2 heteroatoms. The first-order valence-electron chi connectivity index (χ1n) is 19.2. The number of benzene rings is 10. The van der Waals surface area contributed by atoms with E-state index < -0.39 is 0 Å². The van der Waals surface area contributed by atoms with E-state index in [4.69, 9.17) is 0 Å². The van der Waals surface area contributed by atoms with Gasteiger partial charge in [-0.25, -0.2) is 0 Å². The summed E-state index contributed by atoms with van der Waals surface area (Å²) in [5.41, 5.74) is 11.5. The van der Waals surface area contributed by atoms with Crippen LogP contribution >= 0.6 is 0 Å². The normalized spacial score (nSPS) is 11.2. The van der Waals surface area contributed by atoms with E-state index in [0.717, 1.165) is 34.1 Å². The Morgan fingerprint density at radius 1 is 0.196 bits per heavy atom. The van der Waals surface area contributed by atoms with Gasteiger partial charge in [0.1, 0.15) is 0 Å². The second-order valence-corrected chi connectivity index (χ2v) is 14.2. The smallest absolute Gasteiger partial charge is 0.0546 e. The summed E-state index contributed by atoms with van der Waals surface area (Å²) in [4.78, 5) is 4.84.